The number of aromatic nitrogens is 4. The van der Waals surface area contributed by atoms with Crippen molar-refractivity contribution in [1.29, 1.82) is 0 Å². The molecule has 4 rings (SSSR count). The van der Waals surface area contributed by atoms with Crippen LogP contribution in [0.1, 0.15) is 64.0 Å². The van der Waals surface area contributed by atoms with Gasteiger partial charge in [-0.15, -0.1) is 5.10 Å². The largest absolute Gasteiger partial charge is 0.354 e. The molecule has 0 radical (unpaired) electrons. The molecule has 0 saturated carbocycles. The van der Waals surface area contributed by atoms with Crippen LogP contribution in [0, 0.1) is 5.92 Å². The fourth-order valence-corrected chi connectivity index (χ4v) is 4.64. The van der Waals surface area contributed by atoms with Gasteiger partial charge in [-0.3, -0.25) is 14.6 Å². The maximum atomic E-state index is 13.8. The van der Waals surface area contributed by atoms with Gasteiger partial charge in [0.15, 0.2) is 0 Å². The molecule has 0 unspecified atom stereocenters. The van der Waals surface area contributed by atoms with Gasteiger partial charge in [0.2, 0.25) is 11.8 Å². The number of pyridine rings is 1. The van der Waals surface area contributed by atoms with Crippen molar-refractivity contribution in [3.8, 4) is 0 Å². The molecule has 0 spiro atoms. The zero-order valence-corrected chi connectivity index (χ0v) is 21.3. The quantitative estimate of drug-likeness (QED) is 0.403. The lowest BCUT2D eigenvalue weighted by Crippen LogP contribution is -2.46. The molecule has 1 aliphatic carbocycles. The highest BCUT2D eigenvalue weighted by atomic mass is 16.2. The predicted octanol–water partition coefficient (Wildman–Crippen LogP) is 4.45. The van der Waals surface area contributed by atoms with Gasteiger partial charge in [-0.05, 0) is 62.6 Å². The number of carbonyl (C=O) groups excluding carboxylic acids is 2. The van der Waals surface area contributed by atoms with Crippen LogP contribution in [0.5, 0.6) is 0 Å². The fraction of sp³-hybridized carbons (Fsp3) is 0.464. The molecule has 1 atom stereocenters. The number of para-hydroxylation sites is 1. The summed E-state index contributed by atoms with van der Waals surface area (Å²) in [5, 5.41) is 11.5. The first-order valence-corrected chi connectivity index (χ1v) is 13.0. The number of nitrogens with one attached hydrogen (secondary N) is 1. The Kier molecular flexibility index (Phi) is 8.81. The third-order valence-electron chi connectivity index (χ3n) is 6.67. The zero-order chi connectivity index (χ0) is 25.3. The van der Waals surface area contributed by atoms with E-state index in [0.717, 1.165) is 36.7 Å². The summed E-state index contributed by atoms with van der Waals surface area (Å²) in [6.07, 6.45) is 11.8. The molecule has 8 heteroatoms. The Morgan fingerprint density at radius 2 is 2.00 bits per heavy atom. The van der Waals surface area contributed by atoms with E-state index in [4.69, 9.17) is 0 Å². The minimum atomic E-state index is -0.766. The first-order chi connectivity index (χ1) is 17.5. The first-order valence-electron chi connectivity index (χ1n) is 13.0. The molecular weight excluding hydrogens is 452 g/mol. The maximum absolute atomic E-state index is 13.8. The molecule has 0 aliphatic heterocycles. The molecule has 3 aromatic rings. The van der Waals surface area contributed by atoms with E-state index in [9.17, 15) is 9.59 Å². The SMILES string of the molecule is CC(C)CCNC(=O)[C@@H](c1cccnc1)N(CCC1=CCCCC1)C(=O)Cn1nnc2ccccc21. The van der Waals surface area contributed by atoms with E-state index in [1.807, 2.05) is 30.3 Å². The van der Waals surface area contributed by atoms with E-state index in [1.165, 1.54) is 18.4 Å². The summed E-state index contributed by atoms with van der Waals surface area (Å²) in [6.45, 7) is 5.28. The van der Waals surface area contributed by atoms with Crippen LogP contribution < -0.4 is 5.32 Å². The van der Waals surface area contributed by atoms with Crippen molar-refractivity contribution in [3.63, 3.8) is 0 Å². The van der Waals surface area contributed by atoms with Crippen LogP contribution in [0.4, 0.5) is 0 Å². The van der Waals surface area contributed by atoms with Crippen molar-refractivity contribution in [3.05, 3.63) is 66.0 Å². The molecule has 0 saturated heterocycles. The highest BCUT2D eigenvalue weighted by molar-refractivity contribution is 5.89. The Bertz CT molecular complexity index is 1190. The van der Waals surface area contributed by atoms with Crippen LogP contribution in [0.25, 0.3) is 11.0 Å². The lowest BCUT2D eigenvalue weighted by Gasteiger charge is -2.32. The Morgan fingerprint density at radius 3 is 2.75 bits per heavy atom. The van der Waals surface area contributed by atoms with E-state index in [2.05, 4.69) is 40.5 Å². The normalized spacial score (nSPS) is 14.5. The molecule has 2 amide bonds. The molecule has 36 heavy (non-hydrogen) atoms. The molecule has 8 nitrogen and oxygen atoms in total. The second kappa shape index (κ2) is 12.4. The summed E-state index contributed by atoms with van der Waals surface area (Å²) >= 11 is 0. The number of carbonyl (C=O) groups is 2. The number of rotatable bonds is 11. The van der Waals surface area contributed by atoms with Crippen LogP contribution >= 0.6 is 0 Å². The number of nitrogens with zero attached hydrogens (tertiary/aromatic N) is 5. The van der Waals surface area contributed by atoms with Gasteiger partial charge in [-0.2, -0.15) is 0 Å². The van der Waals surface area contributed by atoms with Crippen LogP contribution in [0.15, 0.2) is 60.4 Å². The highest BCUT2D eigenvalue weighted by Crippen LogP contribution is 2.26. The van der Waals surface area contributed by atoms with Gasteiger partial charge in [-0.25, -0.2) is 4.68 Å². The summed E-state index contributed by atoms with van der Waals surface area (Å²) in [5.41, 5.74) is 3.59. The van der Waals surface area contributed by atoms with Gasteiger partial charge >= 0.3 is 0 Å². The molecular formula is C28H36N6O2. The second-order valence-corrected chi connectivity index (χ2v) is 9.84. The first kappa shape index (κ1) is 25.5. The number of allylic oxidation sites excluding steroid dienone is 1. The topological polar surface area (TPSA) is 93.0 Å². The second-order valence-electron chi connectivity index (χ2n) is 9.84. The molecule has 1 aromatic carbocycles. The lowest BCUT2D eigenvalue weighted by atomic mass is 9.96. The standard InChI is InChI=1S/C28H36N6O2/c1-21(2)14-17-30-28(36)27(23-11-8-16-29-19-23)33(18-15-22-9-4-3-5-10-22)26(35)20-34-25-13-7-6-12-24(25)31-32-34/h6-9,11-13,16,19,21,27H,3-5,10,14-15,17-18,20H2,1-2H3,(H,30,36)/t27-/m1/s1. The lowest BCUT2D eigenvalue weighted by molar-refractivity contribution is -0.141. The van der Waals surface area contributed by atoms with Crippen molar-refractivity contribution in [2.24, 2.45) is 5.92 Å². The average molecular weight is 489 g/mol. The molecule has 2 aromatic heterocycles. The van der Waals surface area contributed by atoms with Crippen molar-refractivity contribution in [1.82, 2.24) is 30.2 Å². The van der Waals surface area contributed by atoms with Crippen LogP contribution in [0.3, 0.4) is 0 Å². The van der Waals surface area contributed by atoms with Crippen LogP contribution in [-0.2, 0) is 16.1 Å². The van der Waals surface area contributed by atoms with E-state index in [1.54, 1.807) is 28.0 Å². The van der Waals surface area contributed by atoms with Crippen molar-refractivity contribution >= 4 is 22.8 Å². The van der Waals surface area contributed by atoms with E-state index in [-0.39, 0.29) is 18.4 Å². The smallest absolute Gasteiger partial charge is 0.247 e. The van der Waals surface area contributed by atoms with E-state index in [0.29, 0.717) is 24.6 Å². The third-order valence-corrected chi connectivity index (χ3v) is 6.67. The Hall–Kier alpha value is -3.55. The van der Waals surface area contributed by atoms with E-state index < -0.39 is 6.04 Å². The number of hydrogen-bond acceptors (Lipinski definition) is 5. The van der Waals surface area contributed by atoms with Crippen LogP contribution in [-0.4, -0.2) is 49.8 Å². The Balaban J connectivity index is 1.62. The number of fused-ring (bicyclic) bond motifs is 1. The van der Waals surface area contributed by atoms with Crippen molar-refractivity contribution in [2.45, 2.75) is 65.0 Å². The molecule has 2 heterocycles. The minimum absolute atomic E-state index is 0.00952. The summed E-state index contributed by atoms with van der Waals surface area (Å²) in [7, 11) is 0. The van der Waals surface area contributed by atoms with Gasteiger partial charge < -0.3 is 10.2 Å². The highest BCUT2D eigenvalue weighted by Gasteiger charge is 2.32. The predicted molar refractivity (Wildman–Crippen MR) is 140 cm³/mol. The molecule has 190 valence electrons. The molecule has 0 fully saturated rings. The Labute approximate surface area is 212 Å². The van der Waals surface area contributed by atoms with Gasteiger partial charge in [0.25, 0.3) is 0 Å². The molecule has 1 N–H and O–H groups in total. The van der Waals surface area contributed by atoms with Gasteiger partial charge in [0.05, 0.1) is 5.52 Å². The average Bonchev–Trinajstić information content (AvgIpc) is 3.30. The number of benzene rings is 1. The van der Waals surface area contributed by atoms with Crippen molar-refractivity contribution in [2.75, 3.05) is 13.1 Å². The minimum Gasteiger partial charge on any atom is -0.354 e. The zero-order valence-electron chi connectivity index (χ0n) is 21.3. The Morgan fingerprint density at radius 1 is 1.14 bits per heavy atom. The van der Waals surface area contributed by atoms with Gasteiger partial charge in [0.1, 0.15) is 18.1 Å². The summed E-state index contributed by atoms with van der Waals surface area (Å²) in [4.78, 5) is 33.4. The summed E-state index contributed by atoms with van der Waals surface area (Å²) in [5.74, 6) is 0.117. The summed E-state index contributed by atoms with van der Waals surface area (Å²) in [6, 6.07) is 10.5. The molecule has 1 aliphatic rings. The summed E-state index contributed by atoms with van der Waals surface area (Å²) < 4.78 is 1.61. The van der Waals surface area contributed by atoms with E-state index >= 15 is 0 Å². The monoisotopic (exact) mass is 488 g/mol. The fourth-order valence-electron chi connectivity index (χ4n) is 4.64. The van der Waals surface area contributed by atoms with Crippen LogP contribution in [0.2, 0.25) is 0 Å². The third kappa shape index (κ3) is 6.56. The van der Waals surface area contributed by atoms with Crippen molar-refractivity contribution < 1.29 is 9.59 Å². The van der Waals surface area contributed by atoms with Gasteiger partial charge in [-0.1, -0.05) is 48.9 Å². The van der Waals surface area contributed by atoms with Gasteiger partial charge in [0, 0.05) is 31.0 Å². The number of amides is 2. The maximum Gasteiger partial charge on any atom is 0.247 e. The molecule has 0 bridgehead atoms. The number of hydrogen-bond donors (Lipinski definition) is 1.